The zero-order valence-corrected chi connectivity index (χ0v) is 33.1. The molecule has 2 unspecified atom stereocenters. The number of benzene rings is 4. The van der Waals surface area contributed by atoms with E-state index in [4.69, 9.17) is 51.1 Å². The Labute approximate surface area is 340 Å². The zero-order valence-electron chi connectivity index (χ0n) is 30.0. The summed E-state index contributed by atoms with van der Waals surface area (Å²) in [6.07, 6.45) is -0.659. The fourth-order valence-electron chi connectivity index (χ4n) is 6.98. The minimum absolute atomic E-state index is 0.00198. The quantitative estimate of drug-likeness (QED) is 0.0841. The van der Waals surface area contributed by atoms with Gasteiger partial charge in [0, 0.05) is 45.4 Å². The van der Waals surface area contributed by atoms with Gasteiger partial charge in [0.15, 0.2) is 29.0 Å². The van der Waals surface area contributed by atoms with Gasteiger partial charge in [0.1, 0.15) is 0 Å². The smallest absolute Gasteiger partial charge is 0.319 e. The van der Waals surface area contributed by atoms with Crippen molar-refractivity contribution in [1.82, 2.24) is 9.13 Å². The van der Waals surface area contributed by atoms with Crippen molar-refractivity contribution in [1.29, 1.82) is 0 Å². The zero-order chi connectivity index (χ0) is 41.9. The van der Waals surface area contributed by atoms with E-state index in [2.05, 4.69) is 0 Å². The van der Waals surface area contributed by atoms with E-state index < -0.39 is 98.6 Å². The first kappa shape index (κ1) is 41.6. The summed E-state index contributed by atoms with van der Waals surface area (Å²) in [5.74, 6) is -15.5. The summed E-state index contributed by atoms with van der Waals surface area (Å²) in [4.78, 5) is 54.0. The molecule has 4 aromatic carbocycles. The number of carbonyl (C=O) groups excluding carboxylic acids is 3. The largest absolute Gasteiger partial charge is 0.503 e. The van der Waals surface area contributed by atoms with Gasteiger partial charge in [-0.1, -0.05) is 66.7 Å². The summed E-state index contributed by atoms with van der Waals surface area (Å²) in [5, 5.41) is 19.2. The highest BCUT2D eigenvalue weighted by Crippen LogP contribution is 2.44. The molecule has 0 aliphatic carbocycles. The van der Waals surface area contributed by atoms with Gasteiger partial charge in [-0.05, 0) is 67.3 Å². The van der Waals surface area contributed by atoms with Crippen molar-refractivity contribution >= 4 is 92.0 Å². The van der Waals surface area contributed by atoms with E-state index in [1.54, 1.807) is 6.92 Å². The number of carboxylic acids is 1. The summed E-state index contributed by atoms with van der Waals surface area (Å²) in [5.41, 5.74) is -1.58. The van der Waals surface area contributed by atoms with Crippen LogP contribution in [0, 0.1) is 43.0 Å². The van der Waals surface area contributed by atoms with Crippen molar-refractivity contribution in [3.63, 3.8) is 0 Å². The van der Waals surface area contributed by atoms with Gasteiger partial charge < -0.3 is 14.9 Å². The number of halogens is 8. The summed E-state index contributed by atoms with van der Waals surface area (Å²) in [6.45, 7) is 5.83. The average Bonchev–Trinajstić information content (AvgIpc) is 3.59. The van der Waals surface area contributed by atoms with Crippen molar-refractivity contribution in [2.75, 3.05) is 0 Å². The summed E-state index contributed by atoms with van der Waals surface area (Å²) < 4.78 is 71.0. The standard InChI is InChI=1S/C40H28Cl4F4N2O7/c1-5-15(2)30(31-17(4)50(28-13-25(45)36(53)34(47)33(28)31)39(55)19-7-9-22(42)24(44)11-19)40(56)57-37-26(46)14-27-32(35(37)48)20(12-29(51)52)16(3)49(27)38(54)18-6-8-21(41)23(43)10-18/h6-11,13-15,30,53H,5,12H2,1-4H3,(H,51,52). The van der Waals surface area contributed by atoms with E-state index in [9.17, 15) is 33.8 Å². The Bertz CT molecular complexity index is 2730. The number of aromatic nitrogens is 2. The number of aromatic hydroxyl groups is 1. The molecule has 0 spiro atoms. The van der Waals surface area contributed by atoms with Crippen LogP contribution in [0.15, 0.2) is 48.5 Å². The highest BCUT2D eigenvalue weighted by Gasteiger charge is 2.38. The molecule has 0 saturated heterocycles. The van der Waals surface area contributed by atoms with Crippen molar-refractivity contribution in [3.05, 3.63) is 126 Å². The van der Waals surface area contributed by atoms with Crippen molar-refractivity contribution in [3.8, 4) is 11.5 Å². The lowest BCUT2D eigenvalue weighted by molar-refractivity contribution is -0.138. The Balaban J connectivity index is 1.54. The number of phenols is 1. The molecule has 296 valence electrons. The Morgan fingerprint density at radius 3 is 1.75 bits per heavy atom. The van der Waals surface area contributed by atoms with Crippen LogP contribution in [0.4, 0.5) is 17.6 Å². The van der Waals surface area contributed by atoms with Crippen LogP contribution in [0.2, 0.25) is 20.1 Å². The van der Waals surface area contributed by atoms with Gasteiger partial charge in [0.05, 0.1) is 43.5 Å². The molecule has 9 nitrogen and oxygen atoms in total. The maximum Gasteiger partial charge on any atom is 0.319 e. The number of hydrogen-bond acceptors (Lipinski definition) is 6. The molecule has 2 N–H and O–H groups in total. The Kier molecular flexibility index (Phi) is 11.4. The lowest BCUT2D eigenvalue weighted by Gasteiger charge is -2.23. The molecule has 2 aromatic heterocycles. The molecule has 0 bridgehead atoms. The molecular weight excluding hydrogens is 838 g/mol. The van der Waals surface area contributed by atoms with Crippen LogP contribution >= 0.6 is 46.4 Å². The van der Waals surface area contributed by atoms with Gasteiger partial charge >= 0.3 is 11.9 Å². The third-order valence-electron chi connectivity index (χ3n) is 9.93. The number of carbonyl (C=O) groups is 4. The molecule has 2 heterocycles. The lowest BCUT2D eigenvalue weighted by Crippen LogP contribution is -2.26. The molecule has 0 radical (unpaired) electrons. The monoisotopic (exact) mass is 864 g/mol. The Morgan fingerprint density at radius 2 is 1.25 bits per heavy atom. The second kappa shape index (κ2) is 15.7. The second-order valence-corrected chi connectivity index (χ2v) is 14.9. The number of fused-ring (bicyclic) bond motifs is 2. The Hall–Kier alpha value is -5.08. The second-order valence-electron chi connectivity index (χ2n) is 13.3. The fourth-order valence-corrected chi connectivity index (χ4v) is 7.57. The number of phenolic OH excluding ortho intramolecular Hbond substituents is 1. The molecule has 0 aliphatic heterocycles. The van der Waals surface area contributed by atoms with Crippen LogP contribution in [0.25, 0.3) is 21.8 Å². The fraction of sp³-hybridized carbons (Fsp3) is 0.200. The molecule has 0 fully saturated rings. The normalized spacial score (nSPS) is 12.6. The van der Waals surface area contributed by atoms with Gasteiger partial charge in [-0.15, -0.1) is 0 Å². The van der Waals surface area contributed by atoms with Crippen LogP contribution in [-0.4, -0.2) is 43.1 Å². The molecule has 0 aliphatic rings. The van der Waals surface area contributed by atoms with Crippen LogP contribution in [-0.2, 0) is 16.0 Å². The number of ether oxygens (including phenoxy) is 1. The molecule has 0 amide bonds. The summed E-state index contributed by atoms with van der Waals surface area (Å²) in [7, 11) is 0. The van der Waals surface area contributed by atoms with Gasteiger partial charge in [-0.2, -0.15) is 0 Å². The molecule has 17 heteroatoms. The van der Waals surface area contributed by atoms with E-state index >= 15 is 13.2 Å². The first-order valence-electron chi connectivity index (χ1n) is 17.0. The van der Waals surface area contributed by atoms with E-state index in [1.165, 1.54) is 57.2 Å². The van der Waals surface area contributed by atoms with Gasteiger partial charge in [-0.25, -0.2) is 17.6 Å². The number of carboxylic acid groups (broad SMARTS) is 1. The van der Waals surface area contributed by atoms with E-state index in [0.717, 1.165) is 9.13 Å². The van der Waals surface area contributed by atoms with Crippen molar-refractivity contribution in [2.45, 2.75) is 46.5 Å². The molecular formula is C40H28Cl4F4N2O7. The number of hydrogen-bond donors (Lipinski definition) is 2. The number of aliphatic carboxylic acids is 1. The van der Waals surface area contributed by atoms with Gasteiger partial charge in [0.2, 0.25) is 5.75 Å². The predicted molar refractivity (Wildman–Crippen MR) is 206 cm³/mol. The van der Waals surface area contributed by atoms with E-state index in [0.29, 0.717) is 12.1 Å². The van der Waals surface area contributed by atoms with E-state index in [-0.39, 0.29) is 60.2 Å². The maximum atomic E-state index is 16.7. The minimum atomic E-state index is -1.62. The molecule has 6 rings (SSSR count). The molecule has 2 atom stereocenters. The maximum absolute atomic E-state index is 16.7. The first-order chi connectivity index (χ1) is 26.8. The SMILES string of the molecule is CCC(C)C(C(=O)Oc1c(F)cc2c(c1F)c(CC(=O)O)c(C)n2C(=O)c1ccc(Cl)c(Cl)c1)c1c(C)n(C(=O)c2ccc(Cl)c(Cl)c2)c2cc(F)c(O)c(F)c12. The molecule has 0 saturated carbocycles. The highest BCUT2D eigenvalue weighted by atomic mass is 35.5. The summed E-state index contributed by atoms with van der Waals surface area (Å²) in [6, 6.07) is 9.11. The summed E-state index contributed by atoms with van der Waals surface area (Å²) >= 11 is 24.3. The van der Waals surface area contributed by atoms with E-state index in [1.807, 2.05) is 0 Å². The molecule has 6 aromatic rings. The van der Waals surface area contributed by atoms with Crippen LogP contribution in [0.3, 0.4) is 0 Å². The lowest BCUT2D eigenvalue weighted by atomic mass is 9.84. The van der Waals surface area contributed by atoms with Crippen LogP contribution in [0.1, 0.15) is 69.4 Å². The number of esters is 1. The first-order valence-corrected chi connectivity index (χ1v) is 18.5. The third-order valence-corrected chi connectivity index (χ3v) is 11.4. The number of nitrogens with zero attached hydrogens (tertiary/aromatic N) is 2. The Morgan fingerprint density at radius 1 is 0.737 bits per heavy atom. The topological polar surface area (TPSA) is 128 Å². The van der Waals surface area contributed by atoms with Crippen LogP contribution < -0.4 is 4.74 Å². The highest BCUT2D eigenvalue weighted by molar-refractivity contribution is 6.42. The predicted octanol–water partition coefficient (Wildman–Crippen LogP) is 10.8. The third kappa shape index (κ3) is 7.11. The minimum Gasteiger partial charge on any atom is -0.503 e. The number of rotatable bonds is 9. The van der Waals surface area contributed by atoms with Crippen molar-refractivity contribution < 1.29 is 51.7 Å². The van der Waals surface area contributed by atoms with Crippen LogP contribution in [0.5, 0.6) is 11.5 Å². The molecule has 57 heavy (non-hydrogen) atoms. The van der Waals surface area contributed by atoms with Gasteiger partial charge in [-0.3, -0.25) is 28.3 Å². The van der Waals surface area contributed by atoms with Crippen molar-refractivity contribution in [2.24, 2.45) is 5.92 Å². The van der Waals surface area contributed by atoms with Gasteiger partial charge in [0.25, 0.3) is 11.8 Å². The average molecular weight is 866 g/mol.